The number of hydrogen-bond donors (Lipinski definition) is 1. The van der Waals surface area contributed by atoms with Crippen LogP contribution in [0.15, 0.2) is 60.7 Å². The van der Waals surface area contributed by atoms with Crippen molar-refractivity contribution in [1.29, 1.82) is 0 Å². The maximum atomic E-state index is 12.5. The number of nitrogens with zero attached hydrogens (tertiary/aromatic N) is 2. The Hall–Kier alpha value is -3.18. The van der Waals surface area contributed by atoms with Gasteiger partial charge in [-0.1, -0.05) is 61.5 Å². The lowest BCUT2D eigenvalue weighted by molar-refractivity contribution is -0.121. The number of nitrogens with two attached hydrogens (primary N) is 1. The molecular weight excluding hydrogens is 386 g/mol. The summed E-state index contributed by atoms with van der Waals surface area (Å²) in [4.78, 5) is 19.2. The Bertz CT molecular complexity index is 1110. The average molecular weight is 414 g/mol. The van der Waals surface area contributed by atoms with Crippen LogP contribution < -0.4 is 15.4 Å². The number of amides is 1. The van der Waals surface area contributed by atoms with E-state index in [4.69, 9.17) is 15.5 Å². The monoisotopic (exact) mass is 413 g/mol. The van der Waals surface area contributed by atoms with Crippen molar-refractivity contribution in [3.05, 3.63) is 66.2 Å². The number of benzene rings is 2. The first-order valence-electron chi connectivity index (χ1n) is 11.0. The molecule has 5 heteroatoms. The van der Waals surface area contributed by atoms with Gasteiger partial charge < -0.3 is 15.4 Å². The number of fused-ring (bicyclic) bond motifs is 1. The molecule has 1 aliphatic heterocycles. The van der Waals surface area contributed by atoms with Crippen molar-refractivity contribution in [1.82, 2.24) is 4.98 Å². The first-order chi connectivity index (χ1) is 15.1. The smallest absolute Gasteiger partial charge is 0.265 e. The molecule has 0 saturated heterocycles. The normalized spacial score (nSPS) is 17.0. The Morgan fingerprint density at radius 1 is 1.06 bits per heavy atom. The van der Waals surface area contributed by atoms with E-state index in [1.165, 1.54) is 12.0 Å². The summed E-state index contributed by atoms with van der Waals surface area (Å²) >= 11 is 0. The Labute approximate surface area is 182 Å². The van der Waals surface area contributed by atoms with Gasteiger partial charge in [0.1, 0.15) is 5.69 Å². The fraction of sp³-hybridized carbons (Fsp3) is 0.308. The van der Waals surface area contributed by atoms with Crippen LogP contribution in [0.3, 0.4) is 0 Å². The van der Waals surface area contributed by atoms with Gasteiger partial charge in [0.25, 0.3) is 5.91 Å². The molecule has 3 aromatic rings. The number of pyridine rings is 1. The third kappa shape index (κ3) is 3.49. The van der Waals surface area contributed by atoms with Crippen molar-refractivity contribution in [2.24, 2.45) is 5.73 Å². The lowest BCUT2D eigenvalue weighted by Crippen LogP contribution is -2.43. The first-order valence-corrected chi connectivity index (χ1v) is 11.0. The summed E-state index contributed by atoms with van der Waals surface area (Å²) in [6.07, 6.45) is 4.13. The molecule has 1 saturated carbocycles. The first kappa shape index (κ1) is 19.8. The molecule has 0 unspecified atom stereocenters. The largest absolute Gasteiger partial charge is 0.466 e. The number of anilines is 1. The van der Waals surface area contributed by atoms with Crippen molar-refractivity contribution in [3.8, 4) is 28.3 Å². The molecule has 5 nitrogen and oxygen atoms in total. The quantitative estimate of drug-likeness (QED) is 0.647. The van der Waals surface area contributed by atoms with Crippen molar-refractivity contribution in [2.45, 2.75) is 38.1 Å². The molecular formula is C26H27N3O2. The summed E-state index contributed by atoms with van der Waals surface area (Å²) < 4.78 is 5.75. The van der Waals surface area contributed by atoms with E-state index in [0.29, 0.717) is 12.4 Å². The summed E-state index contributed by atoms with van der Waals surface area (Å²) in [5.41, 5.74) is 12.1. The van der Waals surface area contributed by atoms with Crippen LogP contribution in [0.5, 0.6) is 5.88 Å². The zero-order chi connectivity index (χ0) is 21.4. The highest BCUT2D eigenvalue weighted by Gasteiger charge is 2.34. The second-order valence-corrected chi connectivity index (χ2v) is 8.50. The van der Waals surface area contributed by atoms with E-state index in [2.05, 4.69) is 43.3 Å². The lowest BCUT2D eigenvalue weighted by Gasteiger charge is -2.38. The summed E-state index contributed by atoms with van der Waals surface area (Å²) in [5, 5.41) is 0. The summed E-state index contributed by atoms with van der Waals surface area (Å²) in [6.45, 7) is 2.74. The van der Waals surface area contributed by atoms with Crippen molar-refractivity contribution < 1.29 is 9.53 Å². The number of aromatic nitrogens is 1. The second-order valence-electron chi connectivity index (χ2n) is 8.50. The molecule has 0 radical (unpaired) electrons. The number of carbonyl (C=O) groups is 1. The highest BCUT2D eigenvalue weighted by molar-refractivity contribution is 5.99. The lowest BCUT2D eigenvalue weighted by atomic mass is 9.72. The summed E-state index contributed by atoms with van der Waals surface area (Å²) in [5.74, 6) is 0.488. The molecule has 1 amide bonds. The standard InChI is InChI=1S/C26H27N3O2/c1-2-15-29-22-16-21(18-7-4-3-5-8-18)24(28-25(22)31-17-23(29)30)19-9-11-20(12-10-19)26(27)13-6-14-26/h3-5,7-12,16H,2,6,13-15,17,27H2,1H3. The Balaban J connectivity index is 1.63. The zero-order valence-corrected chi connectivity index (χ0v) is 17.8. The molecule has 1 aromatic heterocycles. The van der Waals surface area contributed by atoms with Crippen LogP contribution in [-0.2, 0) is 10.3 Å². The molecule has 158 valence electrons. The molecule has 2 aliphatic rings. The van der Waals surface area contributed by atoms with Gasteiger partial charge in [-0.2, -0.15) is 0 Å². The topological polar surface area (TPSA) is 68.5 Å². The summed E-state index contributed by atoms with van der Waals surface area (Å²) in [7, 11) is 0. The highest BCUT2D eigenvalue weighted by Crippen LogP contribution is 2.42. The van der Waals surface area contributed by atoms with E-state index in [1.807, 2.05) is 24.3 Å². The molecule has 31 heavy (non-hydrogen) atoms. The molecule has 2 N–H and O–H groups in total. The predicted octanol–water partition coefficient (Wildman–Crippen LogP) is 4.89. The van der Waals surface area contributed by atoms with Gasteiger partial charge in [0.2, 0.25) is 5.88 Å². The highest BCUT2D eigenvalue weighted by atomic mass is 16.5. The third-order valence-electron chi connectivity index (χ3n) is 6.40. The van der Waals surface area contributed by atoms with E-state index in [-0.39, 0.29) is 18.1 Å². The van der Waals surface area contributed by atoms with E-state index < -0.39 is 0 Å². The molecule has 5 rings (SSSR count). The van der Waals surface area contributed by atoms with Crippen molar-refractivity contribution in [2.75, 3.05) is 18.1 Å². The van der Waals surface area contributed by atoms with Crippen LogP contribution in [0.4, 0.5) is 5.69 Å². The summed E-state index contributed by atoms with van der Waals surface area (Å²) in [6, 6.07) is 20.7. The molecule has 0 atom stereocenters. The minimum atomic E-state index is -0.186. The van der Waals surface area contributed by atoms with Crippen LogP contribution in [0.25, 0.3) is 22.4 Å². The molecule has 2 heterocycles. The van der Waals surface area contributed by atoms with Crippen molar-refractivity contribution >= 4 is 11.6 Å². The van der Waals surface area contributed by atoms with Gasteiger partial charge in [0, 0.05) is 23.2 Å². The van der Waals surface area contributed by atoms with Gasteiger partial charge in [0.15, 0.2) is 6.61 Å². The fourth-order valence-electron chi connectivity index (χ4n) is 4.46. The number of carbonyl (C=O) groups excluding carboxylic acids is 1. The van der Waals surface area contributed by atoms with Crippen LogP contribution in [-0.4, -0.2) is 24.0 Å². The third-order valence-corrected chi connectivity index (χ3v) is 6.40. The molecule has 1 aliphatic carbocycles. The van der Waals surface area contributed by atoms with E-state index in [0.717, 1.165) is 47.3 Å². The van der Waals surface area contributed by atoms with Gasteiger partial charge in [-0.15, -0.1) is 0 Å². The Morgan fingerprint density at radius 3 is 2.45 bits per heavy atom. The van der Waals surface area contributed by atoms with Gasteiger partial charge in [0.05, 0.1) is 5.69 Å². The SMILES string of the molecule is CCCN1C(=O)COc2nc(-c3ccc(C4(N)CCC4)cc3)c(-c3ccccc3)cc21. The van der Waals surface area contributed by atoms with E-state index in [9.17, 15) is 4.79 Å². The van der Waals surface area contributed by atoms with Gasteiger partial charge in [-0.05, 0) is 42.9 Å². The van der Waals surface area contributed by atoms with Crippen LogP contribution in [0.2, 0.25) is 0 Å². The van der Waals surface area contributed by atoms with Crippen LogP contribution >= 0.6 is 0 Å². The maximum Gasteiger partial charge on any atom is 0.265 e. The molecule has 2 aromatic carbocycles. The van der Waals surface area contributed by atoms with Crippen molar-refractivity contribution in [3.63, 3.8) is 0 Å². The Morgan fingerprint density at radius 2 is 1.81 bits per heavy atom. The fourth-order valence-corrected chi connectivity index (χ4v) is 4.46. The van der Waals surface area contributed by atoms with Gasteiger partial charge >= 0.3 is 0 Å². The van der Waals surface area contributed by atoms with Gasteiger partial charge in [-0.25, -0.2) is 4.98 Å². The molecule has 1 fully saturated rings. The minimum absolute atomic E-state index is 0.0265. The van der Waals surface area contributed by atoms with E-state index in [1.54, 1.807) is 4.90 Å². The minimum Gasteiger partial charge on any atom is -0.466 e. The number of hydrogen-bond acceptors (Lipinski definition) is 4. The zero-order valence-electron chi connectivity index (χ0n) is 17.8. The number of rotatable bonds is 5. The molecule has 0 bridgehead atoms. The number of ether oxygens (including phenoxy) is 1. The second kappa shape index (κ2) is 7.82. The van der Waals surface area contributed by atoms with Crippen LogP contribution in [0, 0.1) is 0 Å². The average Bonchev–Trinajstić information content (AvgIpc) is 2.79. The van der Waals surface area contributed by atoms with Gasteiger partial charge in [-0.3, -0.25) is 4.79 Å². The molecule has 0 spiro atoms. The maximum absolute atomic E-state index is 12.5. The van der Waals surface area contributed by atoms with Crippen LogP contribution in [0.1, 0.15) is 38.2 Å². The predicted molar refractivity (Wildman–Crippen MR) is 123 cm³/mol. The Kier molecular flexibility index (Phi) is 4.98. The van der Waals surface area contributed by atoms with E-state index >= 15 is 0 Å².